The van der Waals surface area contributed by atoms with Gasteiger partial charge in [-0.05, 0) is 32.0 Å². The normalized spacial score (nSPS) is 17.3. The first-order valence-electron chi connectivity index (χ1n) is 8.47. The van der Waals surface area contributed by atoms with Crippen LogP contribution in [0, 0.1) is 6.92 Å². The summed E-state index contributed by atoms with van der Waals surface area (Å²) in [7, 11) is 0. The highest BCUT2D eigenvalue weighted by Gasteiger charge is 2.36. The summed E-state index contributed by atoms with van der Waals surface area (Å²) >= 11 is 0. The molecular weight excluding hydrogens is 336 g/mol. The van der Waals surface area contributed by atoms with Crippen LogP contribution in [-0.2, 0) is 6.54 Å². The van der Waals surface area contributed by atoms with Crippen LogP contribution < -0.4 is 26.0 Å². The molecule has 136 valence electrons. The van der Waals surface area contributed by atoms with Crippen molar-refractivity contribution in [2.75, 3.05) is 23.4 Å². The summed E-state index contributed by atoms with van der Waals surface area (Å²) in [6.45, 7) is 5.46. The second-order valence-corrected chi connectivity index (χ2v) is 6.28. The van der Waals surface area contributed by atoms with Crippen molar-refractivity contribution in [3.05, 3.63) is 35.2 Å². The molecule has 0 fully saturated rings. The maximum absolute atomic E-state index is 12.7. The first-order valence-corrected chi connectivity index (χ1v) is 8.47. The van der Waals surface area contributed by atoms with E-state index in [1.165, 1.54) is 0 Å². The molecule has 0 bridgehead atoms. The third kappa shape index (κ3) is 2.52. The molecule has 1 aromatic heterocycles. The van der Waals surface area contributed by atoms with Crippen LogP contribution in [0.3, 0.4) is 0 Å². The van der Waals surface area contributed by atoms with Gasteiger partial charge in [0.05, 0.1) is 17.9 Å². The lowest BCUT2D eigenvalue weighted by Gasteiger charge is -2.31. The predicted molar refractivity (Wildman–Crippen MR) is 95.3 cm³/mol. The molecule has 26 heavy (non-hydrogen) atoms. The van der Waals surface area contributed by atoms with Crippen molar-refractivity contribution >= 4 is 23.2 Å². The molecule has 0 saturated carbocycles. The number of ether oxygens (including phenoxy) is 1. The maximum atomic E-state index is 12.7. The van der Waals surface area contributed by atoms with E-state index in [0.29, 0.717) is 42.4 Å². The van der Waals surface area contributed by atoms with E-state index in [4.69, 9.17) is 10.5 Å². The van der Waals surface area contributed by atoms with Crippen LogP contribution in [0.4, 0.5) is 11.4 Å². The quantitative estimate of drug-likeness (QED) is 0.741. The van der Waals surface area contributed by atoms with E-state index in [-0.39, 0.29) is 5.91 Å². The summed E-state index contributed by atoms with van der Waals surface area (Å²) in [5, 5.41) is 10.5. The summed E-state index contributed by atoms with van der Waals surface area (Å²) in [5.41, 5.74) is 8.59. The van der Waals surface area contributed by atoms with Crippen molar-refractivity contribution in [2.45, 2.75) is 26.7 Å². The minimum absolute atomic E-state index is 0.221. The van der Waals surface area contributed by atoms with Crippen LogP contribution in [0.1, 0.15) is 33.5 Å². The topological polar surface area (TPSA) is 115 Å². The van der Waals surface area contributed by atoms with Crippen molar-refractivity contribution in [3.8, 4) is 5.75 Å². The number of nitrogens with zero attached hydrogens (tertiary/aromatic N) is 3. The summed E-state index contributed by atoms with van der Waals surface area (Å²) in [4.78, 5) is 26.3. The van der Waals surface area contributed by atoms with Crippen LogP contribution in [-0.4, -0.2) is 41.0 Å². The monoisotopic (exact) mass is 356 g/mol. The molecule has 3 heterocycles. The molecule has 9 heteroatoms. The molecule has 2 aliphatic heterocycles. The van der Waals surface area contributed by atoms with Crippen molar-refractivity contribution in [2.24, 2.45) is 5.73 Å². The highest BCUT2D eigenvalue weighted by Crippen LogP contribution is 2.44. The summed E-state index contributed by atoms with van der Waals surface area (Å²) in [5.74, 6) is -0.163. The molecule has 4 rings (SSSR count). The Hall–Kier alpha value is -3.23. The van der Waals surface area contributed by atoms with Crippen molar-refractivity contribution < 1.29 is 14.3 Å². The third-order valence-electron chi connectivity index (χ3n) is 4.54. The van der Waals surface area contributed by atoms with Gasteiger partial charge in [0.25, 0.3) is 5.91 Å². The Labute approximate surface area is 150 Å². The van der Waals surface area contributed by atoms with E-state index >= 15 is 0 Å². The van der Waals surface area contributed by atoms with Gasteiger partial charge in [-0.25, -0.2) is 0 Å². The number of amides is 2. The molecule has 0 saturated heterocycles. The zero-order chi connectivity index (χ0) is 18.4. The van der Waals surface area contributed by atoms with Gasteiger partial charge in [0, 0.05) is 12.1 Å². The highest BCUT2D eigenvalue weighted by atomic mass is 16.5. The van der Waals surface area contributed by atoms with E-state index in [1.807, 2.05) is 18.7 Å². The van der Waals surface area contributed by atoms with Gasteiger partial charge < -0.3 is 26.0 Å². The molecule has 4 N–H and O–H groups in total. The van der Waals surface area contributed by atoms with Gasteiger partial charge in [-0.3, -0.25) is 14.3 Å². The van der Waals surface area contributed by atoms with Gasteiger partial charge in [0.1, 0.15) is 23.7 Å². The first-order chi connectivity index (χ1) is 12.5. The molecule has 1 aromatic carbocycles. The molecule has 1 atom stereocenters. The number of primary amides is 1. The Kier molecular flexibility index (Phi) is 3.71. The number of carbonyl (C=O) groups is 2. The van der Waals surface area contributed by atoms with Gasteiger partial charge >= 0.3 is 0 Å². The van der Waals surface area contributed by atoms with E-state index in [9.17, 15) is 9.59 Å². The Bertz CT molecular complexity index is 906. The molecule has 0 spiro atoms. The highest BCUT2D eigenvalue weighted by molar-refractivity contribution is 5.98. The van der Waals surface area contributed by atoms with Gasteiger partial charge in [-0.1, -0.05) is 0 Å². The van der Waals surface area contributed by atoms with Crippen molar-refractivity contribution in [1.82, 2.24) is 15.1 Å². The average Bonchev–Trinajstić information content (AvgIpc) is 3.17. The van der Waals surface area contributed by atoms with Crippen LogP contribution in [0.5, 0.6) is 5.75 Å². The number of anilines is 2. The third-order valence-corrected chi connectivity index (χ3v) is 4.54. The average molecular weight is 356 g/mol. The van der Waals surface area contributed by atoms with Crippen LogP contribution in [0.15, 0.2) is 18.2 Å². The molecule has 2 amide bonds. The van der Waals surface area contributed by atoms with Crippen LogP contribution in [0.25, 0.3) is 0 Å². The molecule has 2 aromatic rings. The summed E-state index contributed by atoms with van der Waals surface area (Å²) in [6, 6.07) is 5.07. The fraction of sp³-hybridized carbons (Fsp3) is 0.353. The molecule has 9 nitrogen and oxygen atoms in total. The van der Waals surface area contributed by atoms with Crippen molar-refractivity contribution in [3.63, 3.8) is 0 Å². The number of nitrogens with two attached hydrogens (primary N) is 1. The number of benzene rings is 1. The fourth-order valence-electron chi connectivity index (χ4n) is 3.40. The van der Waals surface area contributed by atoms with E-state index in [1.54, 1.807) is 22.9 Å². The lowest BCUT2D eigenvalue weighted by molar-refractivity contribution is 0.0928. The Morgan fingerprint density at radius 1 is 1.42 bits per heavy atom. The lowest BCUT2D eigenvalue weighted by atomic mass is 10.1. The second kappa shape index (κ2) is 5.94. The molecule has 1 unspecified atom stereocenters. The van der Waals surface area contributed by atoms with Gasteiger partial charge in [-0.2, -0.15) is 5.10 Å². The molecule has 2 aliphatic rings. The Morgan fingerprint density at radius 2 is 2.23 bits per heavy atom. The van der Waals surface area contributed by atoms with E-state index < -0.39 is 12.2 Å². The SMILES string of the molecule is CCn1nc(C)cc1C(=O)NC1Nc2cc(C(N)=O)cc3c2N1CCO3. The number of aromatic nitrogens is 2. The van der Waals surface area contributed by atoms with Gasteiger partial charge in [0.15, 0.2) is 6.29 Å². The minimum Gasteiger partial charge on any atom is -0.489 e. The van der Waals surface area contributed by atoms with E-state index in [2.05, 4.69) is 15.7 Å². The molecule has 0 aliphatic carbocycles. The summed E-state index contributed by atoms with van der Waals surface area (Å²) in [6.07, 6.45) is -0.441. The molecular formula is C17H20N6O3. The number of nitrogens with one attached hydrogen (secondary N) is 2. The zero-order valence-corrected chi connectivity index (χ0v) is 14.6. The largest absolute Gasteiger partial charge is 0.489 e. The number of rotatable bonds is 4. The Balaban J connectivity index is 1.62. The lowest BCUT2D eigenvalue weighted by Crippen LogP contribution is -2.52. The van der Waals surface area contributed by atoms with E-state index in [0.717, 1.165) is 11.4 Å². The Morgan fingerprint density at radius 3 is 2.96 bits per heavy atom. The summed E-state index contributed by atoms with van der Waals surface area (Å²) < 4.78 is 7.34. The number of aryl methyl sites for hydroxylation is 2. The molecule has 0 radical (unpaired) electrons. The van der Waals surface area contributed by atoms with Gasteiger partial charge in [-0.15, -0.1) is 0 Å². The first kappa shape index (κ1) is 16.2. The maximum Gasteiger partial charge on any atom is 0.272 e. The van der Waals surface area contributed by atoms with Crippen LogP contribution in [0.2, 0.25) is 0 Å². The standard InChI is InChI=1S/C17H20N6O3/c1-3-23-12(6-9(2)21-23)16(25)20-17-19-11-7-10(15(18)24)8-13-14(11)22(17)4-5-26-13/h6-8,17,19H,3-5H2,1-2H3,(H2,18,24)(H,20,25). The van der Waals surface area contributed by atoms with Crippen molar-refractivity contribution in [1.29, 1.82) is 0 Å². The number of hydrogen-bond acceptors (Lipinski definition) is 6. The van der Waals surface area contributed by atoms with Crippen LogP contribution >= 0.6 is 0 Å². The number of hydrogen-bond donors (Lipinski definition) is 3. The smallest absolute Gasteiger partial charge is 0.272 e. The zero-order valence-electron chi connectivity index (χ0n) is 14.6. The minimum atomic E-state index is -0.526. The fourth-order valence-corrected chi connectivity index (χ4v) is 3.40. The predicted octanol–water partition coefficient (Wildman–Crippen LogP) is 0.648. The van der Waals surface area contributed by atoms with Gasteiger partial charge in [0.2, 0.25) is 5.91 Å². The second-order valence-electron chi connectivity index (χ2n) is 6.28. The number of carbonyl (C=O) groups excluding carboxylic acids is 2.